The van der Waals surface area contributed by atoms with E-state index in [0.717, 1.165) is 0 Å². The van der Waals surface area contributed by atoms with Crippen LogP contribution in [0, 0.1) is 0 Å². The van der Waals surface area contributed by atoms with Gasteiger partial charge in [-0.15, -0.1) is 0 Å². The van der Waals surface area contributed by atoms with Crippen molar-refractivity contribution in [1.82, 2.24) is 20.1 Å². The van der Waals surface area contributed by atoms with Crippen LogP contribution in [0.4, 0.5) is 0 Å². The summed E-state index contributed by atoms with van der Waals surface area (Å²) < 4.78 is 1.59. The van der Waals surface area contributed by atoms with Gasteiger partial charge in [0.05, 0.1) is 6.54 Å². The number of aliphatic hydroxyl groups excluding tert-OH is 1. The summed E-state index contributed by atoms with van der Waals surface area (Å²) in [5.41, 5.74) is 0.345. The van der Waals surface area contributed by atoms with E-state index in [1.165, 1.54) is 24.5 Å². The first kappa shape index (κ1) is 15.8. The Labute approximate surface area is 131 Å². The zero-order valence-electron chi connectivity index (χ0n) is 11.2. The van der Waals surface area contributed by atoms with Crippen LogP contribution in [0.25, 0.3) is 0 Å². The van der Waals surface area contributed by atoms with Gasteiger partial charge in [0, 0.05) is 16.1 Å². The van der Waals surface area contributed by atoms with Crippen LogP contribution in [0.5, 0.6) is 0 Å². The molecule has 0 aliphatic carbocycles. The molecule has 2 N–H and O–H groups in total. The highest BCUT2D eigenvalue weighted by atomic mass is 35.5. The number of carbonyl (C=O) groups is 1. The minimum atomic E-state index is -1.33. The first-order valence-electron chi connectivity index (χ1n) is 6.22. The standard InChI is InChI=1S/C13H14Cl2N4O2/c1-8(5-19-7-16-6-17-19)18-13(21)12(20)9-2-10(14)4-11(15)3-9/h2-4,6-8,12,20H,5H2,1H3,(H,18,21)/t8-,12+/m1/s1. The Balaban J connectivity index is 1.98. The Bertz CT molecular complexity index is 598. The largest absolute Gasteiger partial charge is 0.378 e. The molecular weight excluding hydrogens is 315 g/mol. The molecule has 1 aromatic carbocycles. The van der Waals surface area contributed by atoms with Crippen molar-refractivity contribution in [2.24, 2.45) is 0 Å². The Morgan fingerprint density at radius 2 is 2.05 bits per heavy atom. The van der Waals surface area contributed by atoms with Gasteiger partial charge in [0.2, 0.25) is 0 Å². The van der Waals surface area contributed by atoms with Crippen molar-refractivity contribution in [3.63, 3.8) is 0 Å². The van der Waals surface area contributed by atoms with Crippen LogP contribution in [0.2, 0.25) is 10.0 Å². The first-order valence-corrected chi connectivity index (χ1v) is 6.98. The zero-order chi connectivity index (χ0) is 15.4. The fourth-order valence-corrected chi connectivity index (χ4v) is 2.40. The fourth-order valence-electron chi connectivity index (χ4n) is 1.86. The van der Waals surface area contributed by atoms with Gasteiger partial charge in [0.15, 0.2) is 6.10 Å². The summed E-state index contributed by atoms with van der Waals surface area (Å²) >= 11 is 11.7. The van der Waals surface area contributed by atoms with Crippen LogP contribution in [-0.4, -0.2) is 31.8 Å². The van der Waals surface area contributed by atoms with Gasteiger partial charge in [-0.05, 0) is 30.7 Å². The Kier molecular flexibility index (Phi) is 5.17. The van der Waals surface area contributed by atoms with Crippen molar-refractivity contribution in [3.8, 4) is 0 Å². The van der Waals surface area contributed by atoms with Crippen molar-refractivity contribution in [1.29, 1.82) is 0 Å². The smallest absolute Gasteiger partial charge is 0.253 e. The molecule has 0 saturated carbocycles. The van der Waals surface area contributed by atoms with Crippen LogP contribution in [0.1, 0.15) is 18.6 Å². The number of aliphatic hydroxyl groups is 1. The van der Waals surface area contributed by atoms with E-state index in [0.29, 0.717) is 22.2 Å². The summed E-state index contributed by atoms with van der Waals surface area (Å²) in [6.07, 6.45) is 1.63. The van der Waals surface area contributed by atoms with E-state index in [1.54, 1.807) is 17.9 Å². The third kappa shape index (κ3) is 4.42. The summed E-state index contributed by atoms with van der Waals surface area (Å²) in [5, 5.41) is 17.4. The summed E-state index contributed by atoms with van der Waals surface area (Å²) in [6.45, 7) is 2.26. The monoisotopic (exact) mass is 328 g/mol. The molecule has 0 aliphatic heterocycles. The lowest BCUT2D eigenvalue weighted by Crippen LogP contribution is -2.38. The van der Waals surface area contributed by atoms with Gasteiger partial charge in [-0.1, -0.05) is 23.2 Å². The molecule has 1 amide bonds. The minimum Gasteiger partial charge on any atom is -0.378 e. The van der Waals surface area contributed by atoms with Crippen molar-refractivity contribution in [2.75, 3.05) is 0 Å². The van der Waals surface area contributed by atoms with Gasteiger partial charge in [0.25, 0.3) is 5.91 Å². The zero-order valence-corrected chi connectivity index (χ0v) is 12.7. The van der Waals surface area contributed by atoms with Crippen LogP contribution < -0.4 is 5.32 Å². The van der Waals surface area contributed by atoms with E-state index >= 15 is 0 Å². The van der Waals surface area contributed by atoms with E-state index in [4.69, 9.17) is 23.2 Å². The van der Waals surface area contributed by atoms with Crippen molar-refractivity contribution >= 4 is 29.1 Å². The van der Waals surface area contributed by atoms with E-state index < -0.39 is 12.0 Å². The Morgan fingerprint density at radius 1 is 1.38 bits per heavy atom. The summed E-state index contributed by atoms with van der Waals surface area (Å²) in [5.74, 6) is -0.527. The number of amides is 1. The van der Waals surface area contributed by atoms with E-state index in [2.05, 4.69) is 15.4 Å². The molecule has 2 aromatic rings. The van der Waals surface area contributed by atoms with Crippen molar-refractivity contribution in [3.05, 3.63) is 46.5 Å². The predicted molar refractivity (Wildman–Crippen MR) is 79.0 cm³/mol. The molecule has 112 valence electrons. The normalized spacial score (nSPS) is 13.7. The van der Waals surface area contributed by atoms with Crippen LogP contribution in [-0.2, 0) is 11.3 Å². The summed E-state index contributed by atoms with van der Waals surface area (Å²) in [6, 6.07) is 4.31. The number of benzene rings is 1. The van der Waals surface area contributed by atoms with Gasteiger partial charge in [-0.3, -0.25) is 9.48 Å². The van der Waals surface area contributed by atoms with Gasteiger partial charge in [-0.2, -0.15) is 5.10 Å². The van der Waals surface area contributed by atoms with Crippen LogP contribution >= 0.6 is 23.2 Å². The number of aromatic nitrogens is 3. The second-order valence-corrected chi connectivity index (χ2v) is 5.51. The number of nitrogens with zero attached hydrogens (tertiary/aromatic N) is 3. The maximum atomic E-state index is 12.0. The number of nitrogens with one attached hydrogen (secondary N) is 1. The lowest BCUT2D eigenvalue weighted by atomic mass is 10.1. The van der Waals surface area contributed by atoms with Gasteiger partial charge >= 0.3 is 0 Å². The third-order valence-corrected chi connectivity index (χ3v) is 3.20. The van der Waals surface area contributed by atoms with Crippen molar-refractivity contribution in [2.45, 2.75) is 25.6 Å². The predicted octanol–water partition coefficient (Wildman–Crippen LogP) is 1.82. The molecule has 0 saturated heterocycles. The number of halogens is 2. The molecule has 1 heterocycles. The topological polar surface area (TPSA) is 80.0 Å². The van der Waals surface area contributed by atoms with E-state index in [9.17, 15) is 9.90 Å². The summed E-state index contributed by atoms with van der Waals surface area (Å²) in [4.78, 5) is 15.8. The highest BCUT2D eigenvalue weighted by Crippen LogP contribution is 2.23. The van der Waals surface area contributed by atoms with Crippen LogP contribution in [0.15, 0.2) is 30.9 Å². The number of rotatable bonds is 5. The average Bonchev–Trinajstić information content (AvgIpc) is 2.89. The molecule has 0 bridgehead atoms. The highest BCUT2D eigenvalue weighted by molar-refractivity contribution is 6.34. The van der Waals surface area contributed by atoms with Crippen LogP contribution in [0.3, 0.4) is 0 Å². The molecule has 6 nitrogen and oxygen atoms in total. The lowest BCUT2D eigenvalue weighted by molar-refractivity contribution is -0.130. The third-order valence-electron chi connectivity index (χ3n) is 2.77. The molecule has 2 atom stereocenters. The molecule has 0 spiro atoms. The quantitative estimate of drug-likeness (QED) is 0.877. The number of hydrogen-bond donors (Lipinski definition) is 2. The maximum Gasteiger partial charge on any atom is 0.253 e. The molecule has 0 aliphatic rings. The maximum absolute atomic E-state index is 12.0. The average molecular weight is 329 g/mol. The fraction of sp³-hybridized carbons (Fsp3) is 0.308. The molecule has 1 aromatic heterocycles. The molecule has 0 radical (unpaired) electrons. The molecule has 0 unspecified atom stereocenters. The SMILES string of the molecule is C[C@H](Cn1cncn1)NC(=O)[C@@H](O)c1cc(Cl)cc(Cl)c1. The molecule has 21 heavy (non-hydrogen) atoms. The Morgan fingerprint density at radius 3 is 2.62 bits per heavy atom. The minimum absolute atomic E-state index is 0.219. The van der Waals surface area contributed by atoms with Gasteiger partial charge in [0.1, 0.15) is 12.7 Å². The second kappa shape index (κ2) is 6.89. The Hall–Kier alpha value is -1.63. The van der Waals surface area contributed by atoms with E-state index in [-0.39, 0.29) is 6.04 Å². The van der Waals surface area contributed by atoms with E-state index in [1.807, 2.05) is 0 Å². The molecule has 0 fully saturated rings. The highest BCUT2D eigenvalue weighted by Gasteiger charge is 2.20. The van der Waals surface area contributed by atoms with Gasteiger partial charge in [-0.25, -0.2) is 4.98 Å². The summed E-state index contributed by atoms with van der Waals surface area (Å²) in [7, 11) is 0. The molecule has 8 heteroatoms. The molecular formula is C13H14Cl2N4O2. The van der Waals surface area contributed by atoms with Crippen molar-refractivity contribution < 1.29 is 9.90 Å². The second-order valence-electron chi connectivity index (χ2n) is 4.63. The molecule has 2 rings (SSSR count). The first-order chi connectivity index (χ1) is 9.95. The lowest BCUT2D eigenvalue weighted by Gasteiger charge is -2.17. The van der Waals surface area contributed by atoms with Gasteiger partial charge < -0.3 is 10.4 Å². The number of hydrogen-bond acceptors (Lipinski definition) is 4. The number of carbonyl (C=O) groups excluding carboxylic acids is 1.